The molecule has 1 saturated heterocycles. The third-order valence-electron chi connectivity index (χ3n) is 2.69. The van der Waals surface area contributed by atoms with Gasteiger partial charge in [-0.25, -0.2) is 0 Å². The zero-order valence-electron chi connectivity index (χ0n) is 8.13. The van der Waals surface area contributed by atoms with E-state index in [0.29, 0.717) is 6.54 Å². The fourth-order valence-electron chi connectivity index (χ4n) is 1.45. The number of nitrogens with one attached hydrogen (secondary N) is 1. The lowest BCUT2D eigenvalue weighted by molar-refractivity contribution is 0.0819. The van der Waals surface area contributed by atoms with Gasteiger partial charge in [0.15, 0.2) is 0 Å². The molecule has 72 valence electrons. The van der Waals surface area contributed by atoms with Crippen LogP contribution in [0.5, 0.6) is 0 Å². The summed E-state index contributed by atoms with van der Waals surface area (Å²) in [7, 11) is 0. The number of hydrogen-bond donors (Lipinski definition) is 2. The first-order valence-corrected chi connectivity index (χ1v) is 4.59. The molecule has 1 rings (SSSR count). The zero-order valence-corrected chi connectivity index (χ0v) is 8.13. The Bertz CT molecular complexity index is 149. The summed E-state index contributed by atoms with van der Waals surface area (Å²) in [5, 5.41) is 12.4. The predicted molar refractivity (Wildman–Crippen MR) is 48.1 cm³/mol. The van der Waals surface area contributed by atoms with E-state index in [-0.39, 0.29) is 17.7 Å². The van der Waals surface area contributed by atoms with Crippen LogP contribution < -0.4 is 5.32 Å². The molecule has 0 amide bonds. The number of rotatable bonds is 3. The number of β-amino-alcohol motifs (C(OH)–C–C–N with tert-alkyl or cyclic N) is 1. The molecule has 0 aromatic heterocycles. The van der Waals surface area contributed by atoms with Crippen LogP contribution in [-0.4, -0.2) is 36.0 Å². The summed E-state index contributed by atoms with van der Waals surface area (Å²) in [5.41, 5.74) is 0.0526. The Morgan fingerprint density at radius 3 is 2.83 bits per heavy atom. The van der Waals surface area contributed by atoms with Gasteiger partial charge in [-0.2, -0.15) is 0 Å². The first-order valence-electron chi connectivity index (χ1n) is 4.59. The smallest absolute Gasteiger partial charge is 0.0726 e. The highest BCUT2D eigenvalue weighted by Crippen LogP contribution is 2.24. The zero-order chi connectivity index (χ0) is 9.19. The van der Waals surface area contributed by atoms with Crippen LogP contribution in [-0.2, 0) is 4.74 Å². The predicted octanol–water partition coefficient (Wildman–Crippen LogP) is 0.524. The summed E-state index contributed by atoms with van der Waals surface area (Å²) in [5.74, 6) is 0. The Hall–Kier alpha value is -0.120. The minimum Gasteiger partial charge on any atom is -0.392 e. The van der Waals surface area contributed by atoms with Crippen molar-refractivity contribution in [2.24, 2.45) is 0 Å². The van der Waals surface area contributed by atoms with Gasteiger partial charge in [-0.15, -0.1) is 0 Å². The van der Waals surface area contributed by atoms with Gasteiger partial charge in [-0.3, -0.25) is 0 Å². The average molecular weight is 173 g/mol. The Kier molecular flexibility index (Phi) is 3.09. The molecular formula is C9H19NO2. The van der Waals surface area contributed by atoms with E-state index in [1.54, 1.807) is 6.92 Å². The van der Waals surface area contributed by atoms with Crippen molar-refractivity contribution in [3.05, 3.63) is 0 Å². The van der Waals surface area contributed by atoms with Crippen molar-refractivity contribution in [1.29, 1.82) is 0 Å². The SMILES string of the molecule is CC1OCCC1(C)NC[C@H](C)O. The van der Waals surface area contributed by atoms with Crippen LogP contribution in [0.25, 0.3) is 0 Å². The van der Waals surface area contributed by atoms with Crippen molar-refractivity contribution in [2.45, 2.75) is 44.9 Å². The molecule has 3 heteroatoms. The molecule has 12 heavy (non-hydrogen) atoms. The molecule has 1 aliphatic heterocycles. The standard InChI is InChI=1S/C9H19NO2/c1-7(11)6-10-9(3)4-5-12-8(9)2/h7-8,10-11H,4-6H2,1-3H3/t7-,8?,9?/m0/s1. The van der Waals surface area contributed by atoms with E-state index >= 15 is 0 Å². The van der Waals surface area contributed by atoms with Gasteiger partial charge in [0.25, 0.3) is 0 Å². The summed E-state index contributed by atoms with van der Waals surface area (Å²) in [4.78, 5) is 0. The molecule has 0 saturated carbocycles. The lowest BCUT2D eigenvalue weighted by atomic mass is 9.94. The lowest BCUT2D eigenvalue weighted by Gasteiger charge is -2.29. The Morgan fingerprint density at radius 1 is 1.75 bits per heavy atom. The van der Waals surface area contributed by atoms with Crippen LogP contribution in [0.4, 0.5) is 0 Å². The van der Waals surface area contributed by atoms with Gasteiger partial charge < -0.3 is 15.2 Å². The molecule has 2 N–H and O–H groups in total. The van der Waals surface area contributed by atoms with Crippen molar-refractivity contribution in [1.82, 2.24) is 5.32 Å². The van der Waals surface area contributed by atoms with Crippen molar-refractivity contribution >= 4 is 0 Å². The first kappa shape index (κ1) is 9.96. The van der Waals surface area contributed by atoms with Crippen molar-refractivity contribution < 1.29 is 9.84 Å². The fraction of sp³-hybridized carbons (Fsp3) is 1.00. The molecule has 2 unspecified atom stereocenters. The quantitative estimate of drug-likeness (QED) is 0.654. The van der Waals surface area contributed by atoms with Crippen molar-refractivity contribution in [3.63, 3.8) is 0 Å². The van der Waals surface area contributed by atoms with Crippen molar-refractivity contribution in [2.75, 3.05) is 13.2 Å². The third-order valence-corrected chi connectivity index (χ3v) is 2.69. The lowest BCUT2D eigenvalue weighted by Crippen LogP contribution is -2.49. The average Bonchev–Trinajstić information content (AvgIpc) is 2.30. The summed E-state index contributed by atoms with van der Waals surface area (Å²) in [6, 6.07) is 0. The highest BCUT2D eigenvalue weighted by Gasteiger charge is 2.36. The highest BCUT2D eigenvalue weighted by molar-refractivity contribution is 4.93. The summed E-state index contributed by atoms with van der Waals surface area (Å²) >= 11 is 0. The minimum atomic E-state index is -0.283. The second-order valence-electron chi connectivity index (χ2n) is 3.91. The maximum atomic E-state index is 9.11. The van der Waals surface area contributed by atoms with E-state index in [1.165, 1.54) is 0 Å². The van der Waals surface area contributed by atoms with E-state index < -0.39 is 0 Å². The van der Waals surface area contributed by atoms with Crippen LogP contribution in [0.2, 0.25) is 0 Å². The molecule has 0 spiro atoms. The molecule has 0 aliphatic carbocycles. The Morgan fingerprint density at radius 2 is 2.42 bits per heavy atom. The topological polar surface area (TPSA) is 41.5 Å². The molecule has 1 fully saturated rings. The molecule has 1 aliphatic rings. The Labute approximate surface area is 74.1 Å². The van der Waals surface area contributed by atoms with Crippen molar-refractivity contribution in [3.8, 4) is 0 Å². The first-order chi connectivity index (χ1) is 5.54. The second kappa shape index (κ2) is 3.73. The molecule has 3 nitrogen and oxygen atoms in total. The van der Waals surface area contributed by atoms with Gasteiger partial charge in [0, 0.05) is 18.7 Å². The second-order valence-corrected chi connectivity index (χ2v) is 3.91. The summed E-state index contributed by atoms with van der Waals surface area (Å²) < 4.78 is 5.46. The maximum Gasteiger partial charge on any atom is 0.0726 e. The fourth-order valence-corrected chi connectivity index (χ4v) is 1.45. The normalized spacial score (nSPS) is 38.5. The molecular weight excluding hydrogens is 154 g/mol. The molecule has 0 aromatic rings. The molecule has 0 radical (unpaired) electrons. The summed E-state index contributed by atoms with van der Waals surface area (Å²) in [6.45, 7) is 7.47. The van der Waals surface area contributed by atoms with E-state index in [1.807, 2.05) is 0 Å². The number of ether oxygens (including phenoxy) is 1. The Balaban J connectivity index is 2.37. The van der Waals surface area contributed by atoms with Gasteiger partial charge in [-0.1, -0.05) is 0 Å². The van der Waals surface area contributed by atoms with Crippen LogP contribution in [0.15, 0.2) is 0 Å². The number of hydrogen-bond acceptors (Lipinski definition) is 3. The van der Waals surface area contributed by atoms with Gasteiger partial charge in [0.1, 0.15) is 0 Å². The molecule has 0 bridgehead atoms. The van der Waals surface area contributed by atoms with Gasteiger partial charge in [0.05, 0.1) is 12.2 Å². The molecule has 3 atom stereocenters. The monoisotopic (exact) mass is 173 g/mol. The minimum absolute atomic E-state index is 0.0526. The summed E-state index contributed by atoms with van der Waals surface area (Å²) in [6.07, 6.45) is 0.992. The van der Waals surface area contributed by atoms with E-state index in [0.717, 1.165) is 13.0 Å². The molecule has 1 heterocycles. The van der Waals surface area contributed by atoms with E-state index in [2.05, 4.69) is 19.2 Å². The van der Waals surface area contributed by atoms with E-state index in [9.17, 15) is 0 Å². The van der Waals surface area contributed by atoms with E-state index in [4.69, 9.17) is 9.84 Å². The van der Waals surface area contributed by atoms with Gasteiger partial charge >= 0.3 is 0 Å². The largest absolute Gasteiger partial charge is 0.392 e. The maximum absolute atomic E-state index is 9.11. The number of aliphatic hydroxyl groups excluding tert-OH is 1. The van der Waals surface area contributed by atoms with Crippen LogP contribution in [0.1, 0.15) is 27.2 Å². The number of aliphatic hydroxyl groups is 1. The third kappa shape index (κ3) is 2.19. The van der Waals surface area contributed by atoms with Gasteiger partial charge in [-0.05, 0) is 27.2 Å². The highest BCUT2D eigenvalue weighted by atomic mass is 16.5. The van der Waals surface area contributed by atoms with Crippen LogP contribution in [0, 0.1) is 0 Å². The molecule has 0 aromatic carbocycles. The van der Waals surface area contributed by atoms with Gasteiger partial charge in [0.2, 0.25) is 0 Å². The van der Waals surface area contributed by atoms with Crippen LogP contribution in [0.3, 0.4) is 0 Å². The van der Waals surface area contributed by atoms with Crippen LogP contribution >= 0.6 is 0 Å².